The van der Waals surface area contributed by atoms with E-state index >= 15 is 0 Å². The number of rotatable bonds is 2. The summed E-state index contributed by atoms with van der Waals surface area (Å²) in [4.78, 5) is 0. The van der Waals surface area contributed by atoms with E-state index in [2.05, 4.69) is 4.74 Å². The highest BCUT2D eigenvalue weighted by molar-refractivity contribution is 5.61. The number of hydrogen-bond donors (Lipinski definition) is 2. The fourth-order valence-electron chi connectivity index (χ4n) is 1.50. The summed E-state index contributed by atoms with van der Waals surface area (Å²) in [6.07, 6.45) is -12.0. The summed E-state index contributed by atoms with van der Waals surface area (Å²) in [6.45, 7) is 0. The lowest BCUT2D eigenvalue weighted by atomic mass is 9.90. The Bertz CT molecular complexity index is 454. The molecule has 0 bridgehead atoms. The van der Waals surface area contributed by atoms with Crippen LogP contribution in [0.5, 0.6) is 5.75 Å². The van der Waals surface area contributed by atoms with Gasteiger partial charge in [0, 0.05) is 5.56 Å². The average molecular weight is 289 g/mol. The molecule has 0 aliphatic carbocycles. The van der Waals surface area contributed by atoms with Crippen molar-refractivity contribution in [1.29, 1.82) is 0 Å². The Morgan fingerprint density at radius 2 is 1.53 bits per heavy atom. The molecule has 9 heteroatoms. The third-order valence-corrected chi connectivity index (χ3v) is 2.50. The van der Waals surface area contributed by atoms with Gasteiger partial charge in [-0.3, -0.25) is 0 Å². The molecule has 0 fully saturated rings. The van der Waals surface area contributed by atoms with E-state index < -0.39 is 35.0 Å². The lowest BCUT2D eigenvalue weighted by Gasteiger charge is -2.33. The molecule has 0 heterocycles. The highest BCUT2D eigenvalue weighted by Crippen LogP contribution is 2.52. The van der Waals surface area contributed by atoms with Crippen molar-refractivity contribution in [2.45, 2.75) is 18.0 Å². The number of anilines is 1. The van der Waals surface area contributed by atoms with Crippen LogP contribution in [-0.2, 0) is 5.60 Å². The van der Waals surface area contributed by atoms with Crippen molar-refractivity contribution in [3.63, 3.8) is 0 Å². The molecule has 1 rings (SSSR count). The summed E-state index contributed by atoms with van der Waals surface area (Å²) in [6, 6.07) is 2.39. The van der Waals surface area contributed by atoms with Crippen LogP contribution in [0.2, 0.25) is 0 Å². The number of hydrogen-bond acceptors (Lipinski definition) is 3. The van der Waals surface area contributed by atoms with Crippen molar-refractivity contribution in [2.24, 2.45) is 0 Å². The first-order valence-corrected chi connectivity index (χ1v) is 4.75. The highest BCUT2D eigenvalue weighted by atomic mass is 19.4. The fraction of sp³-hybridized carbons (Fsp3) is 0.400. The van der Waals surface area contributed by atoms with Gasteiger partial charge in [0.1, 0.15) is 5.75 Å². The van der Waals surface area contributed by atoms with Crippen LogP contribution in [-0.4, -0.2) is 24.6 Å². The van der Waals surface area contributed by atoms with Gasteiger partial charge in [-0.2, -0.15) is 26.3 Å². The number of ether oxygens (including phenoxy) is 1. The molecule has 0 aromatic heterocycles. The van der Waals surface area contributed by atoms with Crippen LogP contribution in [0, 0.1) is 0 Å². The third kappa shape index (κ3) is 2.29. The predicted octanol–water partition coefficient (Wildman–Crippen LogP) is 2.59. The number of aliphatic hydroxyl groups is 1. The minimum atomic E-state index is -5.98. The normalized spacial score (nSPS) is 13.5. The largest absolute Gasteiger partial charge is 0.495 e. The van der Waals surface area contributed by atoms with Gasteiger partial charge in [-0.05, 0) is 6.07 Å². The quantitative estimate of drug-likeness (QED) is 0.650. The van der Waals surface area contributed by atoms with E-state index in [0.29, 0.717) is 6.07 Å². The summed E-state index contributed by atoms with van der Waals surface area (Å²) in [5.41, 5.74) is -2.32. The molecule has 3 N–H and O–H groups in total. The van der Waals surface area contributed by atoms with Gasteiger partial charge in [0.05, 0.1) is 12.8 Å². The Morgan fingerprint density at radius 1 is 1.05 bits per heavy atom. The number of para-hydroxylation sites is 1. The molecule has 19 heavy (non-hydrogen) atoms. The van der Waals surface area contributed by atoms with Crippen LogP contribution in [0.15, 0.2) is 18.2 Å². The predicted molar refractivity (Wildman–Crippen MR) is 53.4 cm³/mol. The maximum absolute atomic E-state index is 12.6. The summed E-state index contributed by atoms with van der Waals surface area (Å²) < 4.78 is 80.3. The van der Waals surface area contributed by atoms with Crippen LogP contribution in [0.4, 0.5) is 32.0 Å². The number of nitrogens with two attached hydrogens (primary N) is 1. The van der Waals surface area contributed by atoms with Crippen molar-refractivity contribution >= 4 is 5.69 Å². The molecule has 1 aromatic rings. The van der Waals surface area contributed by atoms with E-state index in [0.717, 1.165) is 19.2 Å². The molecule has 0 unspecified atom stereocenters. The van der Waals surface area contributed by atoms with Crippen LogP contribution in [0.1, 0.15) is 5.56 Å². The summed E-state index contributed by atoms with van der Waals surface area (Å²) in [7, 11) is 1.02. The monoisotopic (exact) mass is 289 g/mol. The van der Waals surface area contributed by atoms with E-state index in [4.69, 9.17) is 5.73 Å². The second-order valence-electron chi connectivity index (χ2n) is 3.63. The standard InChI is InChI=1S/C10H9F6NO2/c1-19-6-4-2-3-5(7(6)17)8(18,9(11,12)13)10(14,15)16/h2-4,18H,17H2,1H3. The first-order chi connectivity index (χ1) is 8.46. The Labute approximate surface area is 103 Å². The van der Waals surface area contributed by atoms with Gasteiger partial charge >= 0.3 is 12.4 Å². The molecule has 0 radical (unpaired) electrons. The molecular weight excluding hydrogens is 280 g/mol. The SMILES string of the molecule is COc1cccc(C(O)(C(F)(F)F)C(F)(F)F)c1N. The smallest absolute Gasteiger partial charge is 0.430 e. The highest BCUT2D eigenvalue weighted by Gasteiger charge is 2.72. The van der Waals surface area contributed by atoms with E-state index in [-0.39, 0.29) is 0 Å². The van der Waals surface area contributed by atoms with Crippen molar-refractivity contribution in [2.75, 3.05) is 12.8 Å². The van der Waals surface area contributed by atoms with Crippen molar-refractivity contribution in [3.05, 3.63) is 23.8 Å². The second-order valence-corrected chi connectivity index (χ2v) is 3.63. The number of methoxy groups -OCH3 is 1. The van der Waals surface area contributed by atoms with Crippen molar-refractivity contribution in [1.82, 2.24) is 0 Å². The van der Waals surface area contributed by atoms with Gasteiger partial charge in [0.25, 0.3) is 5.60 Å². The summed E-state index contributed by atoms with van der Waals surface area (Å²) >= 11 is 0. The molecule has 0 amide bonds. The molecule has 0 aliphatic heterocycles. The zero-order valence-corrected chi connectivity index (χ0v) is 9.43. The molecule has 0 saturated carbocycles. The average Bonchev–Trinajstić information content (AvgIpc) is 2.25. The Balaban J connectivity index is 3.62. The molecule has 108 valence electrons. The minimum absolute atomic E-state index is 0.399. The van der Waals surface area contributed by atoms with Gasteiger partial charge in [-0.25, -0.2) is 0 Å². The lowest BCUT2D eigenvalue weighted by Crippen LogP contribution is -2.54. The zero-order chi connectivity index (χ0) is 15.1. The minimum Gasteiger partial charge on any atom is -0.495 e. The van der Waals surface area contributed by atoms with Crippen LogP contribution in [0.3, 0.4) is 0 Å². The maximum atomic E-state index is 12.6. The molecule has 0 atom stereocenters. The number of alkyl halides is 6. The first-order valence-electron chi connectivity index (χ1n) is 4.75. The van der Waals surface area contributed by atoms with Gasteiger partial charge in [0.2, 0.25) is 0 Å². The number of benzene rings is 1. The molecule has 0 spiro atoms. The lowest BCUT2D eigenvalue weighted by molar-refractivity contribution is -0.376. The topological polar surface area (TPSA) is 55.5 Å². The maximum Gasteiger partial charge on any atom is 0.430 e. The van der Waals surface area contributed by atoms with E-state index in [1.807, 2.05) is 0 Å². The first kappa shape index (κ1) is 15.4. The second kappa shape index (κ2) is 4.48. The van der Waals surface area contributed by atoms with Gasteiger partial charge in [-0.15, -0.1) is 0 Å². The van der Waals surface area contributed by atoms with Crippen LogP contribution >= 0.6 is 0 Å². The fourth-order valence-corrected chi connectivity index (χ4v) is 1.50. The Morgan fingerprint density at radius 3 is 1.89 bits per heavy atom. The molecule has 0 aliphatic rings. The van der Waals surface area contributed by atoms with E-state index in [1.165, 1.54) is 0 Å². The number of halogens is 6. The van der Waals surface area contributed by atoms with E-state index in [9.17, 15) is 31.4 Å². The van der Waals surface area contributed by atoms with Gasteiger partial charge in [0.15, 0.2) is 0 Å². The van der Waals surface area contributed by atoms with Crippen LogP contribution in [0.25, 0.3) is 0 Å². The third-order valence-electron chi connectivity index (χ3n) is 2.50. The zero-order valence-electron chi connectivity index (χ0n) is 9.43. The van der Waals surface area contributed by atoms with Gasteiger partial charge < -0.3 is 15.6 Å². The van der Waals surface area contributed by atoms with Gasteiger partial charge in [-0.1, -0.05) is 12.1 Å². The Kier molecular flexibility index (Phi) is 3.63. The molecule has 1 aromatic carbocycles. The Hall–Kier alpha value is -1.64. The van der Waals surface area contributed by atoms with Crippen LogP contribution < -0.4 is 10.5 Å². The van der Waals surface area contributed by atoms with Crippen molar-refractivity contribution < 1.29 is 36.2 Å². The molecule has 3 nitrogen and oxygen atoms in total. The summed E-state index contributed by atoms with van der Waals surface area (Å²) in [5.74, 6) is -0.399. The number of nitrogen functional groups attached to an aromatic ring is 1. The molecular formula is C10H9F6NO2. The summed E-state index contributed by atoms with van der Waals surface area (Å²) in [5, 5.41) is 9.17. The van der Waals surface area contributed by atoms with Crippen molar-refractivity contribution in [3.8, 4) is 5.75 Å². The van der Waals surface area contributed by atoms with E-state index in [1.54, 1.807) is 0 Å². The molecule has 0 saturated heterocycles.